The Morgan fingerprint density at radius 2 is 1.77 bits per heavy atom. The minimum atomic E-state index is -3.58. The molecule has 0 saturated carbocycles. The Bertz CT molecular complexity index is 1450. The molecule has 2 aromatic heterocycles. The van der Waals surface area contributed by atoms with Crippen molar-refractivity contribution in [3.8, 4) is 11.7 Å². The molecular formula is C24H33F2N9O4S. The second-order valence-corrected chi connectivity index (χ2v) is 11.9. The minimum Gasteiger partial charge on any atom is -0.494 e. The van der Waals surface area contributed by atoms with Crippen molar-refractivity contribution < 1.29 is 26.7 Å². The number of para-hydroxylation sites is 1. The van der Waals surface area contributed by atoms with Gasteiger partial charge in [-0.2, -0.15) is 15.0 Å². The zero-order chi connectivity index (χ0) is 28.4. The highest BCUT2D eigenvalue weighted by molar-refractivity contribution is 7.90. The molecule has 1 aromatic carbocycles. The second-order valence-electron chi connectivity index (χ2n) is 9.87. The first kappa shape index (κ1) is 28.3. The number of methoxy groups -OCH3 is 1. The summed E-state index contributed by atoms with van der Waals surface area (Å²) >= 11 is 0. The zero-order valence-electron chi connectivity index (χ0n) is 22.6. The Hall–Kier alpha value is -3.21. The topological polar surface area (TPSA) is 131 Å². The predicted molar refractivity (Wildman–Crippen MR) is 145 cm³/mol. The lowest BCUT2D eigenvalue weighted by Gasteiger charge is -2.28. The quantitative estimate of drug-likeness (QED) is 0.369. The number of imidazole rings is 1. The third-order valence-corrected chi connectivity index (χ3v) is 8.78. The van der Waals surface area contributed by atoms with Crippen molar-refractivity contribution in [2.75, 3.05) is 83.5 Å². The third-order valence-electron chi connectivity index (χ3n) is 6.91. The Balaban J connectivity index is 1.54. The van der Waals surface area contributed by atoms with E-state index in [0.29, 0.717) is 69.6 Å². The SMILES string of the molecule is COc1cccc2c1nc(C(F)F)n2-c1nc(N2CCOCC2)nc(N2CCC(S(=O)(=O)NCCN(C)C)C2)n1. The van der Waals surface area contributed by atoms with Crippen LogP contribution in [0.5, 0.6) is 5.75 Å². The van der Waals surface area contributed by atoms with Gasteiger partial charge in [-0.3, -0.25) is 4.57 Å². The molecule has 1 atom stereocenters. The maximum Gasteiger partial charge on any atom is 0.296 e. The number of benzene rings is 1. The molecule has 16 heteroatoms. The summed E-state index contributed by atoms with van der Waals surface area (Å²) in [4.78, 5) is 23.5. The largest absolute Gasteiger partial charge is 0.494 e. The van der Waals surface area contributed by atoms with Gasteiger partial charge in [-0.1, -0.05) is 6.07 Å². The third kappa shape index (κ3) is 5.80. The highest BCUT2D eigenvalue weighted by Gasteiger charge is 2.35. The summed E-state index contributed by atoms with van der Waals surface area (Å²) in [7, 11) is 1.61. The molecule has 40 heavy (non-hydrogen) atoms. The van der Waals surface area contributed by atoms with Gasteiger partial charge in [0.25, 0.3) is 6.43 Å². The van der Waals surface area contributed by atoms with E-state index in [1.807, 2.05) is 23.9 Å². The van der Waals surface area contributed by atoms with Gasteiger partial charge in [-0.15, -0.1) is 0 Å². The van der Waals surface area contributed by atoms with Gasteiger partial charge >= 0.3 is 0 Å². The van der Waals surface area contributed by atoms with Crippen LogP contribution in [0, 0.1) is 0 Å². The molecule has 1 unspecified atom stereocenters. The number of hydrogen-bond donors (Lipinski definition) is 1. The van der Waals surface area contributed by atoms with E-state index in [1.165, 1.54) is 11.7 Å². The summed E-state index contributed by atoms with van der Waals surface area (Å²) < 4.78 is 69.1. The number of fused-ring (bicyclic) bond motifs is 1. The maximum atomic E-state index is 14.3. The standard InChI is InChI=1S/C24H33F2N9O4S/c1-32(2)10-8-27-40(36,37)16-7-9-34(15-16)23-29-22(33-11-13-39-14-12-33)30-24(31-23)35-17-5-4-6-18(38-3)19(17)28-21(35)20(25)26/h4-6,16,20,27H,7-15H2,1-3H3. The number of morpholine rings is 1. The van der Waals surface area contributed by atoms with Gasteiger partial charge in [0.1, 0.15) is 11.3 Å². The number of rotatable bonds is 10. The van der Waals surface area contributed by atoms with E-state index < -0.39 is 27.5 Å². The average Bonchev–Trinajstić information content (AvgIpc) is 3.59. The van der Waals surface area contributed by atoms with Gasteiger partial charge < -0.3 is 24.2 Å². The fraction of sp³-hybridized carbons (Fsp3) is 0.583. The molecule has 0 radical (unpaired) electrons. The monoisotopic (exact) mass is 581 g/mol. The van der Waals surface area contributed by atoms with Gasteiger partial charge in [0.15, 0.2) is 5.82 Å². The van der Waals surface area contributed by atoms with Crippen molar-refractivity contribution in [1.29, 1.82) is 0 Å². The average molecular weight is 582 g/mol. The van der Waals surface area contributed by atoms with Crippen LogP contribution < -0.4 is 19.3 Å². The number of nitrogens with zero attached hydrogens (tertiary/aromatic N) is 8. The Morgan fingerprint density at radius 1 is 1.07 bits per heavy atom. The van der Waals surface area contributed by atoms with Gasteiger partial charge in [-0.05, 0) is 32.6 Å². The van der Waals surface area contributed by atoms with E-state index in [1.54, 1.807) is 23.1 Å². The van der Waals surface area contributed by atoms with Crippen molar-refractivity contribution in [2.45, 2.75) is 18.1 Å². The molecule has 1 N–H and O–H groups in total. The lowest BCUT2D eigenvalue weighted by molar-refractivity contribution is 0.122. The highest BCUT2D eigenvalue weighted by Crippen LogP contribution is 2.33. The van der Waals surface area contributed by atoms with E-state index in [-0.39, 0.29) is 24.0 Å². The smallest absolute Gasteiger partial charge is 0.296 e. The predicted octanol–water partition coefficient (Wildman–Crippen LogP) is 1.05. The summed E-state index contributed by atoms with van der Waals surface area (Å²) in [5, 5.41) is -0.670. The van der Waals surface area contributed by atoms with Gasteiger partial charge in [0.2, 0.25) is 27.9 Å². The number of sulfonamides is 1. The van der Waals surface area contributed by atoms with Crippen molar-refractivity contribution >= 4 is 33.0 Å². The Labute approximate surface area is 231 Å². The number of ether oxygens (including phenoxy) is 2. The number of halogens is 2. The normalized spacial score (nSPS) is 18.4. The lowest BCUT2D eigenvalue weighted by atomic mass is 10.3. The summed E-state index contributed by atoms with van der Waals surface area (Å²) in [6.07, 6.45) is -2.54. The molecule has 2 saturated heterocycles. The summed E-state index contributed by atoms with van der Waals surface area (Å²) in [6, 6.07) is 4.97. The van der Waals surface area contributed by atoms with Crippen LogP contribution in [0.15, 0.2) is 18.2 Å². The molecule has 2 aliphatic rings. The van der Waals surface area contributed by atoms with Crippen LogP contribution in [0.3, 0.4) is 0 Å². The molecular weight excluding hydrogens is 548 g/mol. The molecule has 2 fully saturated rings. The van der Waals surface area contributed by atoms with Crippen LogP contribution in [-0.4, -0.2) is 117 Å². The Kier molecular flexibility index (Phi) is 8.30. The van der Waals surface area contributed by atoms with Gasteiger partial charge in [-0.25, -0.2) is 26.9 Å². The highest BCUT2D eigenvalue weighted by atomic mass is 32.2. The minimum absolute atomic E-state index is 0.0343. The first-order valence-electron chi connectivity index (χ1n) is 13.0. The fourth-order valence-corrected chi connectivity index (χ4v) is 6.20. The van der Waals surface area contributed by atoms with Gasteiger partial charge in [0, 0.05) is 39.3 Å². The van der Waals surface area contributed by atoms with E-state index in [0.717, 1.165) is 0 Å². The van der Waals surface area contributed by atoms with Crippen LogP contribution in [0.25, 0.3) is 17.0 Å². The van der Waals surface area contributed by atoms with Crippen molar-refractivity contribution in [2.24, 2.45) is 0 Å². The molecule has 0 bridgehead atoms. The molecule has 0 aliphatic carbocycles. The summed E-state index contributed by atoms with van der Waals surface area (Å²) in [5.41, 5.74) is 0.609. The summed E-state index contributed by atoms with van der Waals surface area (Å²) in [5.74, 6) is 0.283. The molecule has 13 nitrogen and oxygen atoms in total. The first-order chi connectivity index (χ1) is 19.2. The zero-order valence-corrected chi connectivity index (χ0v) is 23.4. The van der Waals surface area contributed by atoms with Crippen molar-refractivity contribution in [3.63, 3.8) is 0 Å². The molecule has 2 aliphatic heterocycles. The van der Waals surface area contributed by atoms with Crippen LogP contribution >= 0.6 is 0 Å². The first-order valence-corrected chi connectivity index (χ1v) is 14.5. The number of aromatic nitrogens is 5. The van der Waals surface area contributed by atoms with E-state index in [9.17, 15) is 17.2 Å². The second kappa shape index (κ2) is 11.7. The fourth-order valence-electron chi connectivity index (χ4n) is 4.79. The molecule has 4 heterocycles. The van der Waals surface area contributed by atoms with Crippen LogP contribution in [0.4, 0.5) is 20.7 Å². The number of nitrogens with one attached hydrogen (secondary N) is 1. The molecule has 3 aromatic rings. The molecule has 0 amide bonds. The van der Waals surface area contributed by atoms with Crippen LogP contribution in [0.2, 0.25) is 0 Å². The van der Waals surface area contributed by atoms with Crippen LogP contribution in [-0.2, 0) is 14.8 Å². The van der Waals surface area contributed by atoms with E-state index >= 15 is 0 Å². The van der Waals surface area contributed by atoms with Crippen LogP contribution in [0.1, 0.15) is 18.7 Å². The van der Waals surface area contributed by atoms with E-state index in [4.69, 9.17) is 9.47 Å². The molecule has 0 spiro atoms. The molecule has 218 valence electrons. The summed E-state index contributed by atoms with van der Waals surface area (Å²) in [6.45, 7) is 3.36. The molecule has 5 rings (SSSR count). The van der Waals surface area contributed by atoms with Crippen molar-refractivity contribution in [3.05, 3.63) is 24.0 Å². The number of likely N-dealkylation sites (N-methyl/N-ethyl adjacent to an activating group) is 1. The lowest BCUT2D eigenvalue weighted by Crippen LogP contribution is -2.40. The Morgan fingerprint density at radius 3 is 2.45 bits per heavy atom. The number of alkyl halides is 2. The van der Waals surface area contributed by atoms with Crippen molar-refractivity contribution in [1.82, 2.24) is 34.1 Å². The van der Waals surface area contributed by atoms with E-state index in [2.05, 4.69) is 24.7 Å². The number of hydrogen-bond acceptors (Lipinski definition) is 11. The van der Waals surface area contributed by atoms with Gasteiger partial charge in [0.05, 0.1) is 31.1 Å². The number of anilines is 2. The maximum absolute atomic E-state index is 14.3.